The van der Waals surface area contributed by atoms with Crippen LogP contribution in [0.5, 0.6) is 0 Å². The van der Waals surface area contributed by atoms with Gasteiger partial charge in [0, 0.05) is 19.6 Å². The molecule has 1 fully saturated rings. The zero-order valence-electron chi connectivity index (χ0n) is 12.4. The normalized spacial score (nSPS) is 22.9. The Morgan fingerprint density at radius 3 is 2.75 bits per heavy atom. The second-order valence-corrected chi connectivity index (χ2v) is 5.31. The highest BCUT2D eigenvalue weighted by atomic mass is 16.5. The van der Waals surface area contributed by atoms with E-state index < -0.39 is 18.0 Å². The number of nitrogens with zero attached hydrogens (tertiary/aromatic N) is 1. The fourth-order valence-corrected chi connectivity index (χ4v) is 2.07. The van der Waals surface area contributed by atoms with E-state index in [1.165, 1.54) is 0 Å². The fraction of sp³-hybridized carbons (Fsp3) is 0.846. The minimum Gasteiger partial charge on any atom is -0.480 e. The van der Waals surface area contributed by atoms with Gasteiger partial charge in [-0.25, -0.2) is 9.59 Å². The lowest BCUT2D eigenvalue weighted by atomic mass is 9.99. The summed E-state index contributed by atoms with van der Waals surface area (Å²) in [6, 6.07) is -1.33. The van der Waals surface area contributed by atoms with E-state index in [1.807, 2.05) is 14.0 Å². The first kappa shape index (κ1) is 16.7. The van der Waals surface area contributed by atoms with Gasteiger partial charge in [0.2, 0.25) is 0 Å². The van der Waals surface area contributed by atoms with Gasteiger partial charge in [-0.1, -0.05) is 20.3 Å². The summed E-state index contributed by atoms with van der Waals surface area (Å²) in [7, 11) is 2.00. The van der Waals surface area contributed by atoms with Crippen molar-refractivity contribution < 1.29 is 19.4 Å². The second-order valence-electron chi connectivity index (χ2n) is 5.31. The number of rotatable bonds is 6. The van der Waals surface area contributed by atoms with Crippen molar-refractivity contribution in [3.63, 3.8) is 0 Å². The summed E-state index contributed by atoms with van der Waals surface area (Å²) in [4.78, 5) is 25.0. The molecule has 0 spiro atoms. The SMILES string of the molecule is CC[C@H](C)[C@H](NC(=O)NCC1CN(C)CCO1)C(=O)O. The van der Waals surface area contributed by atoms with Gasteiger partial charge in [0.15, 0.2) is 0 Å². The molecule has 0 saturated carbocycles. The van der Waals surface area contributed by atoms with Gasteiger partial charge in [-0.05, 0) is 13.0 Å². The molecule has 0 aromatic heterocycles. The van der Waals surface area contributed by atoms with E-state index in [0.29, 0.717) is 19.6 Å². The van der Waals surface area contributed by atoms with E-state index in [1.54, 1.807) is 6.92 Å². The molecule has 1 heterocycles. The van der Waals surface area contributed by atoms with Gasteiger partial charge in [-0.3, -0.25) is 0 Å². The van der Waals surface area contributed by atoms with Crippen molar-refractivity contribution in [1.29, 1.82) is 0 Å². The van der Waals surface area contributed by atoms with Crippen LogP contribution < -0.4 is 10.6 Å². The number of morpholine rings is 1. The number of hydrogen-bond donors (Lipinski definition) is 3. The molecule has 1 unspecified atom stereocenters. The number of nitrogens with one attached hydrogen (secondary N) is 2. The summed E-state index contributed by atoms with van der Waals surface area (Å²) in [6.07, 6.45) is 0.639. The van der Waals surface area contributed by atoms with E-state index >= 15 is 0 Å². The minimum atomic E-state index is -1.01. The number of hydrogen-bond acceptors (Lipinski definition) is 4. The van der Waals surface area contributed by atoms with Crippen molar-refractivity contribution >= 4 is 12.0 Å². The molecule has 7 nitrogen and oxygen atoms in total. The molecule has 0 radical (unpaired) electrons. The lowest BCUT2D eigenvalue weighted by Crippen LogP contribution is -2.52. The minimum absolute atomic E-state index is 0.0497. The number of carbonyl (C=O) groups excluding carboxylic acids is 1. The van der Waals surface area contributed by atoms with Crippen molar-refractivity contribution in [2.24, 2.45) is 5.92 Å². The van der Waals surface area contributed by atoms with Crippen LogP contribution in [0, 0.1) is 5.92 Å². The van der Waals surface area contributed by atoms with Crippen LogP contribution in [0.1, 0.15) is 20.3 Å². The van der Waals surface area contributed by atoms with Crippen LogP contribution in [0.15, 0.2) is 0 Å². The molecule has 0 aliphatic carbocycles. The smallest absolute Gasteiger partial charge is 0.326 e. The first-order valence-electron chi connectivity index (χ1n) is 7.01. The number of carbonyl (C=O) groups is 2. The number of ether oxygens (including phenoxy) is 1. The third kappa shape index (κ3) is 5.34. The maximum absolute atomic E-state index is 11.7. The maximum Gasteiger partial charge on any atom is 0.326 e. The quantitative estimate of drug-likeness (QED) is 0.645. The number of likely N-dealkylation sites (N-methyl/N-ethyl adjacent to an activating group) is 1. The van der Waals surface area contributed by atoms with Gasteiger partial charge < -0.3 is 25.4 Å². The Bertz CT molecular complexity index is 338. The molecule has 0 bridgehead atoms. The number of urea groups is 1. The van der Waals surface area contributed by atoms with Crippen LogP contribution in [0.4, 0.5) is 4.79 Å². The van der Waals surface area contributed by atoms with Crippen LogP contribution in [-0.2, 0) is 9.53 Å². The van der Waals surface area contributed by atoms with Gasteiger partial charge in [-0.15, -0.1) is 0 Å². The highest BCUT2D eigenvalue weighted by Gasteiger charge is 2.25. The number of aliphatic carboxylic acids is 1. The molecule has 1 saturated heterocycles. The Hall–Kier alpha value is -1.34. The Balaban J connectivity index is 2.36. The Kier molecular flexibility index (Phi) is 6.74. The topological polar surface area (TPSA) is 90.9 Å². The van der Waals surface area contributed by atoms with E-state index in [9.17, 15) is 9.59 Å². The van der Waals surface area contributed by atoms with Crippen LogP contribution in [0.2, 0.25) is 0 Å². The Labute approximate surface area is 119 Å². The van der Waals surface area contributed by atoms with Gasteiger partial charge in [0.1, 0.15) is 6.04 Å². The highest BCUT2D eigenvalue weighted by molar-refractivity contribution is 5.82. The first-order valence-corrected chi connectivity index (χ1v) is 7.01. The lowest BCUT2D eigenvalue weighted by Gasteiger charge is -2.30. The third-order valence-corrected chi connectivity index (χ3v) is 3.60. The Morgan fingerprint density at radius 2 is 2.20 bits per heavy atom. The summed E-state index contributed by atoms with van der Waals surface area (Å²) < 4.78 is 5.52. The van der Waals surface area contributed by atoms with E-state index in [2.05, 4.69) is 15.5 Å². The zero-order valence-corrected chi connectivity index (χ0v) is 12.4. The molecule has 20 heavy (non-hydrogen) atoms. The van der Waals surface area contributed by atoms with Crippen molar-refractivity contribution in [3.05, 3.63) is 0 Å². The largest absolute Gasteiger partial charge is 0.480 e. The van der Waals surface area contributed by atoms with Crippen molar-refractivity contribution in [1.82, 2.24) is 15.5 Å². The summed E-state index contributed by atoms with van der Waals surface area (Å²) in [5.74, 6) is -1.13. The predicted octanol–water partition coefficient (Wildman–Crippen LogP) is 0.116. The van der Waals surface area contributed by atoms with Crippen LogP contribution >= 0.6 is 0 Å². The average molecular weight is 287 g/mol. The molecule has 7 heteroatoms. The second kappa shape index (κ2) is 8.06. The number of carboxylic acid groups (broad SMARTS) is 1. The molecule has 1 aliphatic heterocycles. The molecule has 116 valence electrons. The fourth-order valence-electron chi connectivity index (χ4n) is 2.07. The summed E-state index contributed by atoms with van der Waals surface area (Å²) in [6.45, 7) is 6.37. The monoisotopic (exact) mass is 287 g/mol. The first-order chi connectivity index (χ1) is 9.43. The molecule has 3 atom stereocenters. The molecule has 2 amide bonds. The molecule has 1 rings (SSSR count). The van der Waals surface area contributed by atoms with Gasteiger partial charge in [0.05, 0.1) is 12.7 Å². The molecule has 1 aliphatic rings. The van der Waals surface area contributed by atoms with E-state index in [0.717, 1.165) is 13.1 Å². The van der Waals surface area contributed by atoms with Crippen LogP contribution in [0.3, 0.4) is 0 Å². The van der Waals surface area contributed by atoms with E-state index in [-0.39, 0.29) is 12.0 Å². The number of carboxylic acids is 1. The van der Waals surface area contributed by atoms with E-state index in [4.69, 9.17) is 9.84 Å². The van der Waals surface area contributed by atoms with Crippen molar-refractivity contribution in [2.75, 3.05) is 33.3 Å². The summed E-state index contributed by atoms with van der Waals surface area (Å²) in [5.41, 5.74) is 0. The summed E-state index contributed by atoms with van der Waals surface area (Å²) >= 11 is 0. The van der Waals surface area contributed by atoms with Gasteiger partial charge >= 0.3 is 12.0 Å². The van der Waals surface area contributed by atoms with Crippen molar-refractivity contribution in [3.8, 4) is 0 Å². The summed E-state index contributed by atoms with van der Waals surface area (Å²) in [5, 5.41) is 14.3. The Morgan fingerprint density at radius 1 is 1.50 bits per heavy atom. The van der Waals surface area contributed by atoms with Gasteiger partial charge in [0.25, 0.3) is 0 Å². The standard InChI is InChI=1S/C13H25N3O4/c1-4-9(2)11(12(17)18)15-13(19)14-7-10-8-16(3)5-6-20-10/h9-11H,4-8H2,1-3H3,(H,17,18)(H2,14,15,19)/t9-,10?,11-/m0/s1. The molecule has 0 aromatic carbocycles. The highest BCUT2D eigenvalue weighted by Crippen LogP contribution is 2.07. The molecular formula is C13H25N3O4. The van der Waals surface area contributed by atoms with Crippen LogP contribution in [0.25, 0.3) is 0 Å². The third-order valence-electron chi connectivity index (χ3n) is 3.60. The van der Waals surface area contributed by atoms with Crippen LogP contribution in [-0.4, -0.2) is 67.4 Å². The molecule has 3 N–H and O–H groups in total. The number of amides is 2. The predicted molar refractivity (Wildman–Crippen MR) is 74.7 cm³/mol. The van der Waals surface area contributed by atoms with Gasteiger partial charge in [-0.2, -0.15) is 0 Å². The molecule has 0 aromatic rings. The lowest BCUT2D eigenvalue weighted by molar-refractivity contribution is -0.140. The molecular weight excluding hydrogens is 262 g/mol. The average Bonchev–Trinajstić information content (AvgIpc) is 2.41. The zero-order chi connectivity index (χ0) is 15.1. The maximum atomic E-state index is 11.7. The van der Waals surface area contributed by atoms with Crippen molar-refractivity contribution in [2.45, 2.75) is 32.4 Å².